The third-order valence-corrected chi connectivity index (χ3v) is 2.99. The monoisotopic (exact) mass is 578 g/mol. The predicted octanol–water partition coefficient (Wildman–Crippen LogP) is 5.96. The molecule has 0 aromatic rings. The van der Waals surface area contributed by atoms with Gasteiger partial charge in [0.15, 0.2) is 6.61 Å². The van der Waals surface area contributed by atoms with Crippen LogP contribution in [0.15, 0.2) is 0 Å². The van der Waals surface area contributed by atoms with Gasteiger partial charge in [0.05, 0.1) is 0 Å². The molecule has 0 aliphatic rings. The van der Waals surface area contributed by atoms with Crippen molar-refractivity contribution in [3.8, 4) is 0 Å². The first kappa shape index (κ1) is 33.0. The zero-order valence-corrected chi connectivity index (χ0v) is 14.9. The molecule has 0 saturated heterocycles. The highest BCUT2D eigenvalue weighted by molar-refractivity contribution is 5.79. The standard InChI is InChI=1S/C11H2F20O4/c12-3(13,14)1-33-2(32)4(15,7(19,20)21)34-11(30,31)6(18,9(25,26)27)35-10(28,29)5(16,17)8(22,23)24/h1H2/t4-,6+/m0/s1. The molecule has 0 amide bonds. The Hall–Kier alpha value is -2.01. The van der Waals surface area contributed by atoms with Gasteiger partial charge >= 0.3 is 60.5 Å². The summed E-state index contributed by atoms with van der Waals surface area (Å²) >= 11 is 0. The Bertz CT molecular complexity index is 761. The van der Waals surface area contributed by atoms with E-state index in [1.165, 1.54) is 4.74 Å². The van der Waals surface area contributed by atoms with E-state index in [1.807, 2.05) is 0 Å². The average Bonchev–Trinajstić information content (AvgIpc) is 2.54. The minimum absolute atomic E-state index is 1.16. The van der Waals surface area contributed by atoms with Crippen LogP contribution >= 0.6 is 0 Å². The molecule has 4 nitrogen and oxygen atoms in total. The van der Waals surface area contributed by atoms with Gasteiger partial charge in [0.1, 0.15) is 0 Å². The van der Waals surface area contributed by atoms with Gasteiger partial charge in [0, 0.05) is 0 Å². The summed E-state index contributed by atoms with van der Waals surface area (Å²) in [6.45, 7) is -3.31. The molecule has 0 spiro atoms. The fourth-order valence-corrected chi connectivity index (χ4v) is 1.39. The predicted molar refractivity (Wildman–Crippen MR) is 59.9 cm³/mol. The van der Waals surface area contributed by atoms with Gasteiger partial charge in [-0.05, 0) is 0 Å². The first-order valence-corrected chi connectivity index (χ1v) is 7.15. The fourth-order valence-electron chi connectivity index (χ4n) is 1.39. The van der Waals surface area contributed by atoms with Crippen molar-refractivity contribution >= 4 is 5.97 Å². The molecule has 0 aromatic carbocycles. The summed E-state index contributed by atoms with van der Waals surface area (Å²) < 4.78 is 258. The third kappa shape index (κ3) is 6.41. The van der Waals surface area contributed by atoms with Crippen molar-refractivity contribution in [2.45, 2.75) is 54.6 Å². The maximum atomic E-state index is 13.8. The first-order chi connectivity index (χ1) is 14.8. The third-order valence-electron chi connectivity index (χ3n) is 2.99. The Morgan fingerprint density at radius 3 is 1.20 bits per heavy atom. The van der Waals surface area contributed by atoms with E-state index >= 15 is 0 Å². The van der Waals surface area contributed by atoms with Crippen LogP contribution in [0.3, 0.4) is 0 Å². The van der Waals surface area contributed by atoms with Crippen LogP contribution in [0.2, 0.25) is 0 Å². The average molecular weight is 578 g/mol. The van der Waals surface area contributed by atoms with Gasteiger partial charge in [-0.15, -0.1) is 0 Å². The lowest BCUT2D eigenvalue weighted by molar-refractivity contribution is -0.548. The molecule has 210 valence electrons. The quantitative estimate of drug-likeness (QED) is 0.264. The van der Waals surface area contributed by atoms with Crippen LogP contribution in [-0.2, 0) is 19.0 Å². The van der Waals surface area contributed by atoms with Crippen LogP contribution in [0.4, 0.5) is 87.8 Å². The lowest BCUT2D eigenvalue weighted by Crippen LogP contribution is -2.68. The molecule has 0 N–H and O–H groups in total. The Kier molecular flexibility index (Phi) is 8.32. The molecule has 0 unspecified atom stereocenters. The van der Waals surface area contributed by atoms with Crippen molar-refractivity contribution in [2.75, 3.05) is 6.61 Å². The largest absolute Gasteiger partial charge is 0.462 e. The Labute approximate surface area is 175 Å². The van der Waals surface area contributed by atoms with Crippen molar-refractivity contribution in [1.82, 2.24) is 0 Å². The number of alkyl halides is 20. The summed E-state index contributed by atoms with van der Waals surface area (Å²) in [6, 6.07) is 0. The molecule has 0 aromatic heterocycles. The van der Waals surface area contributed by atoms with Crippen molar-refractivity contribution in [3.63, 3.8) is 0 Å². The van der Waals surface area contributed by atoms with Crippen LogP contribution in [0.1, 0.15) is 0 Å². The van der Waals surface area contributed by atoms with Gasteiger partial charge in [-0.1, -0.05) is 0 Å². The van der Waals surface area contributed by atoms with Gasteiger partial charge < -0.3 is 4.74 Å². The van der Waals surface area contributed by atoms with E-state index in [0.29, 0.717) is 0 Å². The zero-order valence-electron chi connectivity index (χ0n) is 14.9. The Balaban J connectivity index is 6.69. The Morgan fingerprint density at radius 1 is 0.514 bits per heavy atom. The molecule has 0 heterocycles. The maximum absolute atomic E-state index is 13.8. The highest BCUT2D eigenvalue weighted by Crippen LogP contribution is 2.56. The van der Waals surface area contributed by atoms with Gasteiger partial charge in [0.25, 0.3) is 0 Å². The summed E-state index contributed by atoms with van der Waals surface area (Å²) in [7, 11) is 0. The van der Waals surface area contributed by atoms with Crippen molar-refractivity contribution in [3.05, 3.63) is 0 Å². The molecule has 0 rings (SSSR count). The molecule has 24 heteroatoms. The fraction of sp³-hybridized carbons (Fsp3) is 0.909. The lowest BCUT2D eigenvalue weighted by Gasteiger charge is -2.39. The number of hydrogen-bond acceptors (Lipinski definition) is 4. The van der Waals surface area contributed by atoms with E-state index in [2.05, 4.69) is 4.74 Å². The summed E-state index contributed by atoms with van der Waals surface area (Å²) in [5.74, 6) is -28.0. The molecule has 0 fully saturated rings. The summed E-state index contributed by atoms with van der Waals surface area (Å²) in [6.07, 6.45) is -45.5. The van der Waals surface area contributed by atoms with Gasteiger partial charge in [-0.2, -0.15) is 87.8 Å². The molecule has 0 aliphatic heterocycles. The SMILES string of the molecule is O=C(OCC(F)(F)F)[C@](F)(OC(F)(F)[C@](F)(OC(F)(F)C(F)(F)C(F)(F)F)C(F)(F)F)C(F)(F)F. The second-order valence-corrected chi connectivity index (χ2v) is 5.69. The van der Waals surface area contributed by atoms with Gasteiger partial charge in [0.2, 0.25) is 0 Å². The molecule has 35 heavy (non-hydrogen) atoms. The van der Waals surface area contributed by atoms with E-state index in [4.69, 9.17) is 0 Å². The Morgan fingerprint density at radius 2 is 0.914 bits per heavy atom. The summed E-state index contributed by atoms with van der Waals surface area (Å²) in [5, 5.41) is 0. The van der Waals surface area contributed by atoms with E-state index < -0.39 is 67.1 Å². The van der Waals surface area contributed by atoms with E-state index in [0.717, 1.165) is 4.74 Å². The number of carbonyl (C=O) groups excluding carboxylic acids is 1. The van der Waals surface area contributed by atoms with Crippen molar-refractivity contribution in [1.29, 1.82) is 0 Å². The van der Waals surface area contributed by atoms with Crippen molar-refractivity contribution in [2.24, 2.45) is 0 Å². The number of ether oxygens (including phenoxy) is 3. The van der Waals surface area contributed by atoms with Gasteiger partial charge in [-0.25, -0.2) is 4.79 Å². The number of esters is 1. The topological polar surface area (TPSA) is 44.8 Å². The van der Waals surface area contributed by atoms with Crippen molar-refractivity contribution < 1.29 is 107 Å². The van der Waals surface area contributed by atoms with Crippen LogP contribution < -0.4 is 0 Å². The molecule has 0 radical (unpaired) electrons. The molecule has 0 bridgehead atoms. The summed E-state index contributed by atoms with van der Waals surface area (Å²) in [5.41, 5.74) is 0. The minimum atomic E-state index is -8.27. The van der Waals surface area contributed by atoms with E-state index in [9.17, 15) is 92.6 Å². The number of rotatable bonds is 8. The molecule has 0 saturated carbocycles. The lowest BCUT2D eigenvalue weighted by atomic mass is 10.2. The second kappa shape index (κ2) is 8.83. The van der Waals surface area contributed by atoms with Crippen LogP contribution in [0, 0.1) is 0 Å². The molecule has 2 atom stereocenters. The smallest absolute Gasteiger partial charge is 0.452 e. The normalized spacial score (nSPS) is 18.6. The first-order valence-electron chi connectivity index (χ1n) is 7.15. The van der Waals surface area contributed by atoms with Gasteiger partial charge in [-0.3, -0.25) is 9.47 Å². The maximum Gasteiger partial charge on any atom is 0.462 e. The highest BCUT2D eigenvalue weighted by atomic mass is 19.4. The zero-order chi connectivity index (χ0) is 28.9. The molecule has 0 aliphatic carbocycles. The van der Waals surface area contributed by atoms with E-state index in [1.54, 1.807) is 0 Å². The molecular formula is C11H2F20O4. The second-order valence-electron chi connectivity index (χ2n) is 5.69. The van der Waals surface area contributed by atoms with E-state index in [-0.39, 0.29) is 0 Å². The number of hydrogen-bond donors (Lipinski definition) is 0. The summed E-state index contributed by atoms with van der Waals surface area (Å²) in [4.78, 5) is 10.9. The van der Waals surface area contributed by atoms with Crippen LogP contribution in [0.5, 0.6) is 0 Å². The highest BCUT2D eigenvalue weighted by Gasteiger charge is 2.85. The van der Waals surface area contributed by atoms with Crippen LogP contribution in [-0.4, -0.2) is 67.1 Å². The number of carbonyl (C=O) groups is 1. The minimum Gasteiger partial charge on any atom is -0.452 e. The molecular weight excluding hydrogens is 576 g/mol. The van der Waals surface area contributed by atoms with Crippen LogP contribution in [0.25, 0.3) is 0 Å². The number of halogens is 20.